The minimum absolute atomic E-state index is 0.0391. The van der Waals surface area contributed by atoms with Crippen molar-refractivity contribution in [1.82, 2.24) is 0 Å². The highest BCUT2D eigenvalue weighted by atomic mass is 19.4. The molecule has 1 aromatic carbocycles. The summed E-state index contributed by atoms with van der Waals surface area (Å²) in [4.78, 5) is 10.6. The Labute approximate surface area is 109 Å². The van der Waals surface area contributed by atoms with E-state index in [1.54, 1.807) is 6.92 Å². The molecule has 1 atom stereocenters. The number of carbonyl (C=O) groups is 1. The first-order chi connectivity index (χ1) is 8.84. The standard InChI is InChI=1S/C13H15F3O3/c1-3-18-11-6-4-10(5-7-11)12(13(14,15)16)8-19-9(2)17/h4-7,12H,3,8H2,1-2H3. The van der Waals surface area contributed by atoms with Crippen LogP contribution in [0.5, 0.6) is 5.75 Å². The van der Waals surface area contributed by atoms with Crippen LogP contribution in [0.25, 0.3) is 0 Å². The molecule has 1 unspecified atom stereocenters. The second kappa shape index (κ2) is 6.45. The van der Waals surface area contributed by atoms with Crippen LogP contribution in [0.4, 0.5) is 13.2 Å². The number of halogens is 3. The van der Waals surface area contributed by atoms with Gasteiger partial charge in [0, 0.05) is 6.92 Å². The number of ether oxygens (including phenoxy) is 2. The summed E-state index contributed by atoms with van der Waals surface area (Å²) in [5.74, 6) is -2.06. The van der Waals surface area contributed by atoms with Gasteiger partial charge in [-0.25, -0.2) is 0 Å². The van der Waals surface area contributed by atoms with E-state index in [0.717, 1.165) is 6.92 Å². The van der Waals surface area contributed by atoms with Gasteiger partial charge in [-0.3, -0.25) is 4.79 Å². The smallest absolute Gasteiger partial charge is 0.399 e. The van der Waals surface area contributed by atoms with E-state index in [1.165, 1.54) is 24.3 Å². The van der Waals surface area contributed by atoms with E-state index in [4.69, 9.17) is 4.74 Å². The van der Waals surface area contributed by atoms with Crippen molar-refractivity contribution in [3.63, 3.8) is 0 Å². The van der Waals surface area contributed by atoms with Crippen LogP contribution in [-0.4, -0.2) is 25.4 Å². The second-order valence-electron chi connectivity index (χ2n) is 3.90. The molecule has 0 heterocycles. The molecule has 0 aliphatic heterocycles. The molecule has 0 N–H and O–H groups in total. The number of benzene rings is 1. The van der Waals surface area contributed by atoms with Crippen LogP contribution < -0.4 is 4.74 Å². The van der Waals surface area contributed by atoms with Gasteiger partial charge in [-0.1, -0.05) is 12.1 Å². The number of rotatable bonds is 5. The number of esters is 1. The molecule has 0 aromatic heterocycles. The first-order valence-electron chi connectivity index (χ1n) is 5.77. The highest BCUT2D eigenvalue weighted by Crippen LogP contribution is 2.35. The average Bonchev–Trinajstić information content (AvgIpc) is 2.29. The lowest BCUT2D eigenvalue weighted by Crippen LogP contribution is -2.26. The molecule has 1 aromatic rings. The van der Waals surface area contributed by atoms with Gasteiger partial charge in [0.15, 0.2) is 0 Å². The summed E-state index contributed by atoms with van der Waals surface area (Å²) in [7, 11) is 0. The lowest BCUT2D eigenvalue weighted by atomic mass is 9.99. The van der Waals surface area contributed by atoms with Gasteiger partial charge in [-0.15, -0.1) is 0 Å². The number of hydrogen-bond donors (Lipinski definition) is 0. The Kier molecular flexibility index (Phi) is 5.20. The lowest BCUT2D eigenvalue weighted by molar-refractivity contribution is -0.169. The fourth-order valence-electron chi connectivity index (χ4n) is 1.54. The van der Waals surface area contributed by atoms with E-state index in [-0.39, 0.29) is 5.56 Å². The molecule has 0 aliphatic rings. The van der Waals surface area contributed by atoms with Crippen LogP contribution in [0, 0.1) is 0 Å². The third-order valence-electron chi connectivity index (χ3n) is 2.44. The third-order valence-corrected chi connectivity index (χ3v) is 2.44. The van der Waals surface area contributed by atoms with Crippen molar-refractivity contribution in [3.8, 4) is 5.75 Å². The highest BCUT2D eigenvalue weighted by molar-refractivity contribution is 5.65. The van der Waals surface area contributed by atoms with E-state index in [0.29, 0.717) is 12.4 Å². The summed E-state index contributed by atoms with van der Waals surface area (Å²) >= 11 is 0. The van der Waals surface area contributed by atoms with Crippen LogP contribution in [0.2, 0.25) is 0 Å². The van der Waals surface area contributed by atoms with Gasteiger partial charge in [0.2, 0.25) is 0 Å². The Hall–Kier alpha value is -1.72. The minimum atomic E-state index is -4.47. The van der Waals surface area contributed by atoms with Crippen molar-refractivity contribution in [2.75, 3.05) is 13.2 Å². The maximum absolute atomic E-state index is 12.9. The molecule has 19 heavy (non-hydrogen) atoms. The zero-order valence-corrected chi connectivity index (χ0v) is 10.7. The fraction of sp³-hybridized carbons (Fsp3) is 0.462. The molecule has 1 rings (SSSR count). The molecule has 0 bridgehead atoms. The summed E-state index contributed by atoms with van der Waals surface area (Å²) in [6.07, 6.45) is -4.47. The zero-order valence-electron chi connectivity index (χ0n) is 10.7. The third kappa shape index (κ3) is 4.81. The van der Waals surface area contributed by atoms with Crippen LogP contribution in [0.15, 0.2) is 24.3 Å². The predicted molar refractivity (Wildman–Crippen MR) is 63.0 cm³/mol. The van der Waals surface area contributed by atoms with Gasteiger partial charge in [0.25, 0.3) is 0 Å². The maximum atomic E-state index is 12.9. The number of carbonyl (C=O) groups excluding carboxylic acids is 1. The second-order valence-corrected chi connectivity index (χ2v) is 3.90. The van der Waals surface area contributed by atoms with E-state index < -0.39 is 24.7 Å². The predicted octanol–water partition coefficient (Wildman–Crippen LogP) is 3.29. The molecule has 0 amide bonds. The first-order valence-corrected chi connectivity index (χ1v) is 5.77. The van der Waals surface area contributed by atoms with E-state index >= 15 is 0 Å². The molecule has 0 fully saturated rings. The van der Waals surface area contributed by atoms with Gasteiger partial charge in [-0.2, -0.15) is 13.2 Å². The quantitative estimate of drug-likeness (QED) is 0.774. The van der Waals surface area contributed by atoms with Crippen molar-refractivity contribution >= 4 is 5.97 Å². The van der Waals surface area contributed by atoms with Crippen LogP contribution in [0.3, 0.4) is 0 Å². The number of hydrogen-bond acceptors (Lipinski definition) is 3. The van der Waals surface area contributed by atoms with Gasteiger partial charge in [0.05, 0.1) is 6.61 Å². The van der Waals surface area contributed by atoms with Crippen LogP contribution >= 0.6 is 0 Å². The molecule has 0 aliphatic carbocycles. The van der Waals surface area contributed by atoms with E-state index in [2.05, 4.69) is 4.74 Å². The van der Waals surface area contributed by atoms with Crippen molar-refractivity contribution in [3.05, 3.63) is 29.8 Å². The zero-order chi connectivity index (χ0) is 14.5. The Morgan fingerprint density at radius 1 is 1.26 bits per heavy atom. The molecule has 6 heteroatoms. The SMILES string of the molecule is CCOc1ccc(C(COC(C)=O)C(F)(F)F)cc1. The number of alkyl halides is 3. The van der Waals surface area contributed by atoms with Crippen molar-refractivity contribution in [2.45, 2.75) is 25.9 Å². The Balaban J connectivity index is 2.87. The molecule has 0 spiro atoms. The first kappa shape index (κ1) is 15.3. The summed E-state index contributed by atoms with van der Waals surface area (Å²) in [5, 5.41) is 0. The van der Waals surface area contributed by atoms with Crippen molar-refractivity contribution in [1.29, 1.82) is 0 Å². The molecular formula is C13H15F3O3. The molecule has 0 radical (unpaired) electrons. The van der Waals surface area contributed by atoms with E-state index in [1.807, 2.05) is 0 Å². The Bertz CT molecular complexity index is 412. The Morgan fingerprint density at radius 3 is 2.26 bits per heavy atom. The average molecular weight is 276 g/mol. The molecular weight excluding hydrogens is 261 g/mol. The molecule has 3 nitrogen and oxygen atoms in total. The topological polar surface area (TPSA) is 35.5 Å². The van der Waals surface area contributed by atoms with Crippen LogP contribution in [-0.2, 0) is 9.53 Å². The lowest BCUT2D eigenvalue weighted by Gasteiger charge is -2.20. The molecule has 0 saturated heterocycles. The molecule has 106 valence electrons. The van der Waals surface area contributed by atoms with Gasteiger partial charge in [-0.05, 0) is 24.6 Å². The van der Waals surface area contributed by atoms with Crippen LogP contribution in [0.1, 0.15) is 25.3 Å². The molecule has 0 saturated carbocycles. The normalized spacial score (nSPS) is 12.9. The summed E-state index contributed by atoms with van der Waals surface area (Å²) in [6, 6.07) is 5.58. The maximum Gasteiger partial charge on any atom is 0.399 e. The van der Waals surface area contributed by atoms with Gasteiger partial charge < -0.3 is 9.47 Å². The van der Waals surface area contributed by atoms with E-state index in [9.17, 15) is 18.0 Å². The summed E-state index contributed by atoms with van der Waals surface area (Å²) < 4.78 is 48.3. The van der Waals surface area contributed by atoms with Gasteiger partial charge >= 0.3 is 12.1 Å². The largest absolute Gasteiger partial charge is 0.494 e. The minimum Gasteiger partial charge on any atom is -0.494 e. The highest BCUT2D eigenvalue weighted by Gasteiger charge is 2.41. The van der Waals surface area contributed by atoms with Crippen molar-refractivity contribution < 1.29 is 27.4 Å². The summed E-state index contributed by atoms with van der Waals surface area (Å²) in [6.45, 7) is 2.58. The summed E-state index contributed by atoms with van der Waals surface area (Å²) in [5.41, 5.74) is 0.0391. The fourth-order valence-corrected chi connectivity index (χ4v) is 1.54. The van der Waals surface area contributed by atoms with Gasteiger partial charge in [0.1, 0.15) is 18.3 Å². The Morgan fingerprint density at radius 2 is 1.84 bits per heavy atom. The monoisotopic (exact) mass is 276 g/mol. The van der Waals surface area contributed by atoms with Crippen molar-refractivity contribution in [2.24, 2.45) is 0 Å².